The lowest BCUT2D eigenvalue weighted by atomic mass is 9.76. The van der Waals surface area contributed by atoms with Crippen LogP contribution >= 0.6 is 0 Å². The summed E-state index contributed by atoms with van der Waals surface area (Å²) in [5.41, 5.74) is -1.33. The molecule has 2 unspecified atom stereocenters. The van der Waals surface area contributed by atoms with Crippen molar-refractivity contribution in [3.63, 3.8) is 0 Å². The smallest absolute Gasteiger partial charge is 0.408 e. The molecule has 1 amide bonds. The normalized spacial score (nSPS) is 17.9. The van der Waals surface area contributed by atoms with Crippen LogP contribution in [0.25, 0.3) is 0 Å². The van der Waals surface area contributed by atoms with E-state index in [1.165, 1.54) is 0 Å². The van der Waals surface area contributed by atoms with Crippen LogP contribution in [0.3, 0.4) is 0 Å². The van der Waals surface area contributed by atoms with Crippen molar-refractivity contribution in [3.8, 4) is 0 Å². The average molecular weight is 468 g/mol. The molecular formula is C26H29NO7. The number of carbonyl (C=O) groups excluding carboxylic acids is 4. The van der Waals surface area contributed by atoms with E-state index in [2.05, 4.69) is 5.32 Å². The number of hydrogen-bond donors (Lipinski definition) is 1. The second-order valence-corrected chi connectivity index (χ2v) is 9.03. The molecule has 0 aromatic heterocycles. The van der Waals surface area contributed by atoms with Crippen LogP contribution in [0.4, 0.5) is 4.79 Å². The standard InChI is InChI=1S/C26H29NO7/c1-5-32-22(29)20(27-24(31)34-25(2,3)4)26(15-18-13-9-10-14-19(18)21(26)28)23(30)33-16-17-11-7-6-8-12-17/h6-14,20H,5,15-16H2,1-4H3,(H,27,31). The van der Waals surface area contributed by atoms with Gasteiger partial charge in [0.25, 0.3) is 0 Å². The van der Waals surface area contributed by atoms with Crippen LogP contribution in [-0.2, 0) is 36.8 Å². The lowest BCUT2D eigenvalue weighted by Gasteiger charge is -2.33. The Hall–Kier alpha value is -3.68. The first kappa shape index (κ1) is 25.0. The van der Waals surface area contributed by atoms with E-state index >= 15 is 0 Å². The SMILES string of the molecule is CCOC(=O)C(NC(=O)OC(C)(C)C)C1(C(=O)OCc2ccccc2)Cc2ccccc2C1=O. The number of hydrogen-bond acceptors (Lipinski definition) is 7. The van der Waals surface area contributed by atoms with Crippen molar-refractivity contribution in [2.75, 3.05) is 6.61 Å². The average Bonchev–Trinajstić information content (AvgIpc) is 3.09. The predicted octanol–water partition coefficient (Wildman–Crippen LogP) is 3.61. The molecule has 0 saturated carbocycles. The van der Waals surface area contributed by atoms with E-state index in [4.69, 9.17) is 14.2 Å². The molecule has 1 aliphatic rings. The summed E-state index contributed by atoms with van der Waals surface area (Å²) in [5, 5.41) is 2.43. The van der Waals surface area contributed by atoms with Crippen molar-refractivity contribution in [2.45, 2.75) is 52.4 Å². The maximum absolute atomic E-state index is 13.7. The Morgan fingerprint density at radius 1 is 1.00 bits per heavy atom. The van der Waals surface area contributed by atoms with Crippen molar-refractivity contribution in [1.82, 2.24) is 5.32 Å². The molecule has 0 radical (unpaired) electrons. The van der Waals surface area contributed by atoms with Gasteiger partial charge < -0.3 is 19.5 Å². The van der Waals surface area contributed by atoms with Gasteiger partial charge in [-0.3, -0.25) is 9.59 Å². The topological polar surface area (TPSA) is 108 Å². The third-order valence-corrected chi connectivity index (χ3v) is 5.39. The molecule has 3 rings (SSSR count). The third-order valence-electron chi connectivity index (χ3n) is 5.39. The van der Waals surface area contributed by atoms with Gasteiger partial charge in [-0.05, 0) is 45.2 Å². The zero-order valence-corrected chi connectivity index (χ0v) is 19.8. The number of esters is 2. The number of rotatable bonds is 7. The number of ether oxygens (including phenoxy) is 3. The minimum absolute atomic E-state index is 0.0123. The van der Waals surface area contributed by atoms with Crippen molar-refractivity contribution < 1.29 is 33.4 Å². The van der Waals surface area contributed by atoms with Crippen LogP contribution in [0.1, 0.15) is 49.2 Å². The highest BCUT2D eigenvalue weighted by Gasteiger charge is 2.61. The van der Waals surface area contributed by atoms with Gasteiger partial charge >= 0.3 is 18.0 Å². The lowest BCUT2D eigenvalue weighted by Crippen LogP contribution is -2.60. The Kier molecular flexibility index (Phi) is 7.39. The maximum atomic E-state index is 13.7. The number of fused-ring (bicyclic) bond motifs is 1. The highest BCUT2D eigenvalue weighted by Crippen LogP contribution is 2.41. The Morgan fingerprint density at radius 2 is 1.65 bits per heavy atom. The lowest BCUT2D eigenvalue weighted by molar-refractivity contribution is -0.163. The second kappa shape index (κ2) is 10.1. The van der Waals surface area contributed by atoms with E-state index in [-0.39, 0.29) is 19.6 Å². The number of carbonyl (C=O) groups is 4. The number of ketones is 1. The molecule has 2 atom stereocenters. The first-order chi connectivity index (χ1) is 16.1. The summed E-state index contributed by atoms with van der Waals surface area (Å²) in [7, 11) is 0. The minimum atomic E-state index is -2.04. The number of alkyl carbamates (subject to hydrolysis) is 1. The van der Waals surface area contributed by atoms with Gasteiger partial charge in [0.1, 0.15) is 12.2 Å². The first-order valence-corrected chi connectivity index (χ1v) is 11.1. The maximum Gasteiger partial charge on any atom is 0.408 e. The molecule has 0 fully saturated rings. The quantitative estimate of drug-likeness (QED) is 0.376. The zero-order valence-electron chi connectivity index (χ0n) is 19.8. The number of nitrogens with one attached hydrogen (secondary N) is 1. The molecule has 0 saturated heterocycles. The molecule has 0 spiro atoms. The molecule has 1 N–H and O–H groups in total. The third kappa shape index (κ3) is 5.27. The molecule has 0 bridgehead atoms. The van der Waals surface area contributed by atoms with Gasteiger partial charge in [-0.15, -0.1) is 0 Å². The predicted molar refractivity (Wildman–Crippen MR) is 123 cm³/mol. The first-order valence-electron chi connectivity index (χ1n) is 11.1. The summed E-state index contributed by atoms with van der Waals surface area (Å²) in [5.74, 6) is -2.46. The molecule has 2 aromatic carbocycles. The summed E-state index contributed by atoms with van der Waals surface area (Å²) in [6.07, 6.45) is -1.08. The van der Waals surface area contributed by atoms with Crippen molar-refractivity contribution in [2.24, 2.45) is 5.41 Å². The molecule has 34 heavy (non-hydrogen) atoms. The van der Waals surface area contributed by atoms with Crippen molar-refractivity contribution in [3.05, 3.63) is 71.3 Å². The van der Waals surface area contributed by atoms with E-state index in [0.717, 1.165) is 0 Å². The van der Waals surface area contributed by atoms with E-state index in [1.807, 2.05) is 6.07 Å². The number of amides is 1. The Bertz CT molecular complexity index is 1070. The highest BCUT2D eigenvalue weighted by molar-refractivity contribution is 6.19. The van der Waals surface area contributed by atoms with Crippen LogP contribution in [0.15, 0.2) is 54.6 Å². The monoisotopic (exact) mass is 467 g/mol. The van der Waals surface area contributed by atoms with E-state index < -0.39 is 40.9 Å². The van der Waals surface area contributed by atoms with E-state index in [9.17, 15) is 19.2 Å². The summed E-state index contributed by atoms with van der Waals surface area (Å²) in [6, 6.07) is 14.0. The number of benzene rings is 2. The molecule has 8 heteroatoms. The molecule has 1 aliphatic carbocycles. The summed E-state index contributed by atoms with van der Waals surface area (Å²) in [4.78, 5) is 53.0. The van der Waals surface area contributed by atoms with Crippen LogP contribution in [-0.4, -0.2) is 42.1 Å². The van der Waals surface area contributed by atoms with Gasteiger partial charge in [0, 0.05) is 5.56 Å². The summed E-state index contributed by atoms with van der Waals surface area (Å²) >= 11 is 0. The van der Waals surface area contributed by atoms with Gasteiger partial charge in [0.2, 0.25) is 0 Å². The van der Waals surface area contributed by atoms with E-state index in [1.54, 1.807) is 76.2 Å². The van der Waals surface area contributed by atoms with Crippen LogP contribution in [0.2, 0.25) is 0 Å². The van der Waals surface area contributed by atoms with Crippen molar-refractivity contribution in [1.29, 1.82) is 0 Å². The fourth-order valence-electron chi connectivity index (χ4n) is 3.92. The molecule has 2 aromatic rings. The fraction of sp³-hybridized carbons (Fsp3) is 0.385. The van der Waals surface area contributed by atoms with Gasteiger partial charge in [-0.2, -0.15) is 0 Å². The second-order valence-electron chi connectivity index (χ2n) is 9.03. The molecule has 0 heterocycles. The Labute approximate surface area is 198 Å². The fourth-order valence-corrected chi connectivity index (χ4v) is 3.92. The minimum Gasteiger partial charge on any atom is -0.464 e. The molecule has 0 aliphatic heterocycles. The van der Waals surface area contributed by atoms with Gasteiger partial charge in [0.15, 0.2) is 17.2 Å². The highest BCUT2D eigenvalue weighted by atomic mass is 16.6. The van der Waals surface area contributed by atoms with Gasteiger partial charge in [-0.25, -0.2) is 9.59 Å². The van der Waals surface area contributed by atoms with Crippen molar-refractivity contribution >= 4 is 23.8 Å². The van der Waals surface area contributed by atoms with Crippen LogP contribution in [0.5, 0.6) is 0 Å². The molecule has 8 nitrogen and oxygen atoms in total. The molecule has 180 valence electrons. The Balaban J connectivity index is 2.02. The summed E-state index contributed by atoms with van der Waals surface area (Å²) in [6.45, 7) is 6.45. The van der Waals surface area contributed by atoms with Gasteiger partial charge in [0.05, 0.1) is 6.61 Å². The zero-order chi connectivity index (χ0) is 24.9. The van der Waals surface area contributed by atoms with Crippen LogP contribution in [0, 0.1) is 5.41 Å². The summed E-state index contributed by atoms with van der Waals surface area (Å²) < 4.78 is 16.0. The largest absolute Gasteiger partial charge is 0.464 e. The van der Waals surface area contributed by atoms with Crippen LogP contribution < -0.4 is 5.32 Å². The molecular weight excluding hydrogens is 438 g/mol. The Morgan fingerprint density at radius 3 is 2.26 bits per heavy atom. The number of Topliss-reactive ketones (excluding diaryl/α,β-unsaturated/α-hetero) is 1. The van der Waals surface area contributed by atoms with E-state index in [0.29, 0.717) is 16.7 Å². The van der Waals surface area contributed by atoms with Gasteiger partial charge in [-0.1, -0.05) is 54.6 Å².